The maximum Gasteiger partial charge on any atom is 0.187 e. The van der Waals surface area contributed by atoms with E-state index in [0.29, 0.717) is 11.6 Å². The fraction of sp³-hybridized carbons (Fsp3) is 0.214. The number of aliphatic hydroxyl groups excluding tert-OH is 1. The Morgan fingerprint density at radius 1 is 0.604 bits per heavy atom. The minimum absolute atomic E-state index is 0.155. The van der Waals surface area contributed by atoms with Crippen molar-refractivity contribution in [3.05, 3.63) is 143 Å². The largest absolute Gasteiger partial charge is 0.386 e. The van der Waals surface area contributed by atoms with Crippen LogP contribution in [0.15, 0.2) is 122 Å². The molecule has 4 heterocycles. The molecule has 48 heavy (non-hydrogen) atoms. The number of nitrogens with zero attached hydrogens (tertiary/aromatic N) is 2. The van der Waals surface area contributed by atoms with Gasteiger partial charge in [0.1, 0.15) is 6.10 Å². The van der Waals surface area contributed by atoms with Gasteiger partial charge in [0.2, 0.25) is 0 Å². The van der Waals surface area contributed by atoms with Crippen molar-refractivity contribution in [1.29, 1.82) is 0 Å². The Kier molecular flexibility index (Phi) is 8.23. The van der Waals surface area contributed by atoms with Gasteiger partial charge in [-0.15, -0.1) is 0 Å². The SMILES string of the molecule is CC1(C)Cn2cc(-c3ccc(Cl)cc3)c(-c3ccccc3)c2C1=O.CC1(C)Cn2cc(-c3ccc(Cl)cc3)c(-c3ccccc3)c2C1O. The minimum atomic E-state index is -0.478. The Morgan fingerprint density at radius 2 is 1.06 bits per heavy atom. The molecule has 0 amide bonds. The molecule has 0 saturated carbocycles. The van der Waals surface area contributed by atoms with Gasteiger partial charge < -0.3 is 14.2 Å². The third-order valence-corrected chi connectivity index (χ3v) is 10.1. The molecule has 6 aromatic rings. The number of halogens is 2. The topological polar surface area (TPSA) is 47.2 Å². The van der Waals surface area contributed by atoms with Crippen molar-refractivity contribution < 1.29 is 9.90 Å². The number of carbonyl (C=O) groups is 1. The lowest BCUT2D eigenvalue weighted by Gasteiger charge is -2.22. The molecular formula is C42H38Cl2N2O2. The summed E-state index contributed by atoms with van der Waals surface area (Å²) < 4.78 is 4.31. The molecule has 0 aliphatic carbocycles. The fourth-order valence-electron chi connectivity index (χ4n) is 7.14. The summed E-state index contributed by atoms with van der Waals surface area (Å²) in [5.74, 6) is 0.210. The Bertz CT molecular complexity index is 2110. The molecule has 4 nitrogen and oxygen atoms in total. The van der Waals surface area contributed by atoms with Crippen LogP contribution in [0.4, 0.5) is 0 Å². The van der Waals surface area contributed by atoms with Crippen LogP contribution in [-0.2, 0) is 13.1 Å². The predicted molar refractivity (Wildman–Crippen MR) is 197 cm³/mol. The highest BCUT2D eigenvalue weighted by Crippen LogP contribution is 2.50. The zero-order chi connectivity index (χ0) is 33.8. The van der Waals surface area contributed by atoms with E-state index in [1.165, 1.54) is 0 Å². The van der Waals surface area contributed by atoms with Crippen LogP contribution in [0.5, 0.6) is 0 Å². The standard InChI is InChI=1S/C21H20ClNO.C21H18ClNO/c2*1-21(2)13-23-12-17(14-8-10-16(22)11-9-14)18(19(23)20(21)24)15-6-4-3-5-7-15/h3-12,20,24H,13H2,1-2H3;3-12H,13H2,1-2H3. The number of ketones is 1. The van der Waals surface area contributed by atoms with Crippen LogP contribution in [-0.4, -0.2) is 20.0 Å². The molecular weight excluding hydrogens is 635 g/mol. The van der Waals surface area contributed by atoms with Gasteiger partial charge in [0.05, 0.1) is 11.4 Å². The molecule has 4 aromatic carbocycles. The second kappa shape index (κ2) is 12.3. The predicted octanol–water partition coefficient (Wildman–Crippen LogP) is 11.2. The van der Waals surface area contributed by atoms with Gasteiger partial charge in [0, 0.05) is 68.6 Å². The summed E-state index contributed by atoms with van der Waals surface area (Å²) in [6.07, 6.45) is 3.79. The summed E-state index contributed by atoms with van der Waals surface area (Å²) in [5, 5.41) is 12.4. The fourth-order valence-corrected chi connectivity index (χ4v) is 7.39. The molecule has 0 fully saturated rings. The summed E-state index contributed by atoms with van der Waals surface area (Å²) in [5.41, 5.74) is 10.1. The Morgan fingerprint density at radius 3 is 1.58 bits per heavy atom. The molecule has 8 rings (SSSR count). The van der Waals surface area contributed by atoms with E-state index < -0.39 is 6.10 Å². The normalized spacial score (nSPS) is 17.1. The summed E-state index contributed by atoms with van der Waals surface area (Å²) in [4.78, 5) is 13.0. The van der Waals surface area contributed by atoms with Crippen LogP contribution in [0.2, 0.25) is 10.0 Å². The van der Waals surface area contributed by atoms with Crippen molar-refractivity contribution >= 4 is 29.0 Å². The molecule has 242 valence electrons. The van der Waals surface area contributed by atoms with E-state index in [1.54, 1.807) is 0 Å². The Balaban J connectivity index is 0.000000152. The maximum absolute atomic E-state index is 13.0. The second-order valence-corrected chi connectivity index (χ2v) is 15.0. The Labute approximate surface area is 292 Å². The number of hydrogen-bond acceptors (Lipinski definition) is 2. The van der Waals surface area contributed by atoms with E-state index in [4.69, 9.17) is 23.2 Å². The molecule has 0 spiro atoms. The van der Waals surface area contributed by atoms with Crippen LogP contribution < -0.4 is 0 Å². The molecule has 1 atom stereocenters. The number of aliphatic hydroxyl groups is 1. The van der Waals surface area contributed by atoms with E-state index in [2.05, 4.69) is 59.6 Å². The van der Waals surface area contributed by atoms with Gasteiger partial charge >= 0.3 is 0 Å². The number of hydrogen-bond donors (Lipinski definition) is 1. The summed E-state index contributed by atoms with van der Waals surface area (Å²) in [7, 11) is 0. The summed E-state index contributed by atoms with van der Waals surface area (Å²) >= 11 is 12.1. The van der Waals surface area contributed by atoms with Crippen molar-refractivity contribution in [2.75, 3.05) is 0 Å². The van der Waals surface area contributed by atoms with Crippen molar-refractivity contribution in [2.45, 2.75) is 46.9 Å². The zero-order valence-electron chi connectivity index (χ0n) is 27.5. The first-order valence-electron chi connectivity index (χ1n) is 16.3. The number of rotatable bonds is 4. The van der Waals surface area contributed by atoms with Gasteiger partial charge in [-0.1, -0.05) is 136 Å². The lowest BCUT2D eigenvalue weighted by atomic mass is 9.85. The number of carbonyl (C=O) groups excluding carboxylic acids is 1. The lowest BCUT2D eigenvalue weighted by Crippen LogP contribution is -2.20. The van der Waals surface area contributed by atoms with E-state index in [9.17, 15) is 9.90 Å². The van der Waals surface area contributed by atoms with Gasteiger partial charge in [0.25, 0.3) is 0 Å². The van der Waals surface area contributed by atoms with E-state index >= 15 is 0 Å². The molecule has 0 bridgehead atoms. The second-order valence-electron chi connectivity index (χ2n) is 14.2. The van der Waals surface area contributed by atoms with E-state index in [-0.39, 0.29) is 16.6 Å². The molecule has 1 unspecified atom stereocenters. The first-order valence-corrected chi connectivity index (χ1v) is 17.0. The molecule has 2 aliphatic rings. The van der Waals surface area contributed by atoms with Gasteiger partial charge in [-0.3, -0.25) is 4.79 Å². The number of benzene rings is 4. The molecule has 0 saturated heterocycles. The molecule has 2 aromatic heterocycles. The van der Waals surface area contributed by atoms with Gasteiger partial charge in [0.15, 0.2) is 5.78 Å². The van der Waals surface area contributed by atoms with Crippen LogP contribution >= 0.6 is 23.2 Å². The first kappa shape index (κ1) is 32.2. The molecule has 2 aliphatic heterocycles. The van der Waals surface area contributed by atoms with Crippen molar-refractivity contribution in [3.63, 3.8) is 0 Å². The van der Waals surface area contributed by atoms with Gasteiger partial charge in [-0.25, -0.2) is 0 Å². The molecule has 6 heteroatoms. The average molecular weight is 674 g/mol. The van der Waals surface area contributed by atoms with Crippen LogP contribution in [0.25, 0.3) is 44.5 Å². The number of Topliss-reactive ketones (excluding diaryl/α,β-unsaturated/α-hetero) is 1. The third-order valence-electron chi connectivity index (χ3n) is 9.61. The quantitative estimate of drug-likeness (QED) is 0.202. The van der Waals surface area contributed by atoms with Gasteiger partial charge in [-0.05, 0) is 46.5 Å². The Hall–Kier alpha value is -4.35. The third kappa shape index (κ3) is 5.72. The maximum atomic E-state index is 13.0. The van der Waals surface area contributed by atoms with Crippen LogP contribution in [0, 0.1) is 10.8 Å². The smallest absolute Gasteiger partial charge is 0.187 e. The van der Waals surface area contributed by atoms with Crippen molar-refractivity contribution in [2.24, 2.45) is 10.8 Å². The van der Waals surface area contributed by atoms with E-state index in [1.807, 2.05) is 98.8 Å². The highest BCUT2D eigenvalue weighted by Gasteiger charge is 2.42. The monoisotopic (exact) mass is 672 g/mol. The first-order chi connectivity index (χ1) is 22.9. The summed E-state index contributed by atoms with van der Waals surface area (Å²) in [6.45, 7) is 9.78. The minimum Gasteiger partial charge on any atom is -0.386 e. The van der Waals surface area contributed by atoms with Crippen molar-refractivity contribution in [1.82, 2.24) is 9.13 Å². The van der Waals surface area contributed by atoms with E-state index in [0.717, 1.165) is 67.5 Å². The number of aromatic nitrogens is 2. The average Bonchev–Trinajstić information content (AvgIpc) is 3.75. The summed E-state index contributed by atoms with van der Waals surface area (Å²) in [6, 6.07) is 36.1. The highest BCUT2D eigenvalue weighted by molar-refractivity contribution is 6.31. The van der Waals surface area contributed by atoms with Crippen LogP contribution in [0.3, 0.4) is 0 Å². The molecule has 0 radical (unpaired) electrons. The van der Waals surface area contributed by atoms with Gasteiger partial charge in [-0.2, -0.15) is 0 Å². The van der Waals surface area contributed by atoms with Crippen molar-refractivity contribution in [3.8, 4) is 44.5 Å². The highest BCUT2D eigenvalue weighted by atomic mass is 35.5. The lowest BCUT2D eigenvalue weighted by molar-refractivity contribution is 0.0654. The molecule has 1 N–H and O–H groups in total. The zero-order valence-corrected chi connectivity index (χ0v) is 29.1. The number of fused-ring (bicyclic) bond motifs is 2. The van der Waals surface area contributed by atoms with Crippen LogP contribution in [0.1, 0.15) is 50.0 Å².